The molecule has 2 N–H and O–H groups in total. The fourth-order valence-electron chi connectivity index (χ4n) is 3.51. The van der Waals surface area contributed by atoms with E-state index < -0.39 is 6.09 Å². The van der Waals surface area contributed by atoms with Gasteiger partial charge in [0.15, 0.2) is 0 Å². The molecular weight excluding hydrogens is 429 g/mol. The number of benzene rings is 1. The van der Waals surface area contributed by atoms with Crippen LogP contribution in [0.5, 0.6) is 0 Å². The molecule has 0 bridgehead atoms. The molecule has 0 aliphatic carbocycles. The molecule has 0 spiro atoms. The summed E-state index contributed by atoms with van der Waals surface area (Å²) in [5.74, 6) is 0. The van der Waals surface area contributed by atoms with E-state index in [1.165, 1.54) is 22.4 Å². The van der Waals surface area contributed by atoms with Gasteiger partial charge in [-0.2, -0.15) is 0 Å². The summed E-state index contributed by atoms with van der Waals surface area (Å²) in [7, 11) is 0. The molecule has 0 atom stereocenters. The number of carbonyl (C=O) groups is 1. The number of rotatable bonds is 3. The molecule has 3 rings (SSSR count). The van der Waals surface area contributed by atoms with Gasteiger partial charge in [0.1, 0.15) is 0 Å². The summed E-state index contributed by atoms with van der Waals surface area (Å²) in [5.41, 5.74) is 6.01. The molecule has 0 radical (unpaired) electrons. The van der Waals surface area contributed by atoms with Gasteiger partial charge in [-0.15, -0.1) is 0 Å². The van der Waals surface area contributed by atoms with E-state index in [1.54, 1.807) is 0 Å². The number of halogens is 1. The maximum absolute atomic E-state index is 10.8. The second-order valence-electron chi connectivity index (χ2n) is 6.60. The number of hydrogen-bond donors (Lipinski definition) is 2. The molecule has 132 valence electrons. The zero-order valence-electron chi connectivity index (χ0n) is 14.4. The molecule has 1 aliphatic rings. The predicted molar refractivity (Wildman–Crippen MR) is 108 cm³/mol. The smallest absolute Gasteiger partial charge is 0.404 e. The van der Waals surface area contributed by atoms with E-state index in [-0.39, 0.29) is 6.04 Å². The van der Waals surface area contributed by atoms with Crippen LogP contribution in [0.4, 0.5) is 10.5 Å². The molecule has 25 heavy (non-hydrogen) atoms. The van der Waals surface area contributed by atoms with Gasteiger partial charge in [0, 0.05) is 37.1 Å². The van der Waals surface area contributed by atoms with E-state index in [4.69, 9.17) is 5.11 Å². The minimum Gasteiger partial charge on any atom is -0.465 e. The lowest BCUT2D eigenvalue weighted by Crippen LogP contribution is -2.44. The van der Waals surface area contributed by atoms with Crippen LogP contribution in [0.2, 0.25) is 0 Å². The average Bonchev–Trinajstić information content (AvgIpc) is 2.54. The first-order valence-corrected chi connectivity index (χ1v) is 9.48. The summed E-state index contributed by atoms with van der Waals surface area (Å²) in [4.78, 5) is 17.6. The Morgan fingerprint density at radius 2 is 1.84 bits per heavy atom. The Morgan fingerprint density at radius 1 is 1.20 bits per heavy atom. The summed E-state index contributed by atoms with van der Waals surface area (Å²) in [6.45, 7) is 5.90. The highest BCUT2D eigenvalue weighted by Crippen LogP contribution is 2.36. The van der Waals surface area contributed by atoms with Crippen molar-refractivity contribution in [1.29, 1.82) is 0 Å². The van der Waals surface area contributed by atoms with Crippen LogP contribution in [-0.4, -0.2) is 35.3 Å². The van der Waals surface area contributed by atoms with Crippen LogP contribution >= 0.6 is 22.6 Å². The number of carboxylic acid groups (broad SMARTS) is 1. The summed E-state index contributed by atoms with van der Waals surface area (Å²) in [5, 5.41) is 11.5. The van der Waals surface area contributed by atoms with E-state index >= 15 is 0 Å². The van der Waals surface area contributed by atoms with Crippen LogP contribution in [0.3, 0.4) is 0 Å². The largest absolute Gasteiger partial charge is 0.465 e. The van der Waals surface area contributed by atoms with Crippen LogP contribution in [0.25, 0.3) is 11.1 Å². The number of aromatic nitrogens is 1. The van der Waals surface area contributed by atoms with Gasteiger partial charge >= 0.3 is 6.09 Å². The summed E-state index contributed by atoms with van der Waals surface area (Å²) < 4.78 is 1.12. The summed E-state index contributed by atoms with van der Waals surface area (Å²) >= 11 is 2.34. The summed E-state index contributed by atoms with van der Waals surface area (Å²) in [6.07, 6.45) is 4.53. The number of hydrogen-bond acceptors (Lipinski definition) is 3. The molecule has 5 nitrogen and oxygen atoms in total. The van der Waals surface area contributed by atoms with E-state index in [0.29, 0.717) is 0 Å². The van der Waals surface area contributed by atoms with Gasteiger partial charge in [0.25, 0.3) is 0 Å². The molecular formula is C19H22IN3O2. The first-order valence-electron chi connectivity index (χ1n) is 8.40. The van der Waals surface area contributed by atoms with Crippen molar-refractivity contribution >= 4 is 34.4 Å². The van der Waals surface area contributed by atoms with Crippen LogP contribution in [0.15, 0.2) is 30.6 Å². The van der Waals surface area contributed by atoms with Gasteiger partial charge < -0.3 is 15.3 Å². The molecule has 0 saturated carbocycles. The fourth-order valence-corrected chi connectivity index (χ4v) is 4.31. The quantitative estimate of drug-likeness (QED) is 0.687. The second-order valence-corrected chi connectivity index (χ2v) is 7.77. The zero-order valence-corrected chi connectivity index (χ0v) is 16.6. The van der Waals surface area contributed by atoms with Crippen molar-refractivity contribution in [1.82, 2.24) is 10.3 Å². The van der Waals surface area contributed by atoms with Gasteiger partial charge in [-0.3, -0.25) is 4.98 Å². The third kappa shape index (κ3) is 4.23. The normalized spacial score (nSPS) is 15.2. The number of aryl methyl sites for hydroxylation is 2. The second kappa shape index (κ2) is 7.59. The monoisotopic (exact) mass is 451 g/mol. The number of anilines is 1. The Hall–Kier alpha value is -1.83. The van der Waals surface area contributed by atoms with Crippen molar-refractivity contribution in [2.75, 3.05) is 18.0 Å². The highest BCUT2D eigenvalue weighted by Gasteiger charge is 2.24. The maximum atomic E-state index is 10.8. The topological polar surface area (TPSA) is 65.5 Å². The van der Waals surface area contributed by atoms with E-state index in [9.17, 15) is 4.79 Å². The number of nitrogens with one attached hydrogen (secondary N) is 1. The first kappa shape index (κ1) is 18.0. The molecule has 2 aromatic rings. The standard InChI is InChI=1S/C19H22IN3O2/c1-12-7-13(2)9-14(8-12)16-10-21-11-17(20)18(16)23-5-3-15(4-6-23)22-19(24)25/h7-11,15,22H,3-6H2,1-2H3,(H,24,25). The SMILES string of the molecule is Cc1cc(C)cc(-c2cncc(I)c2N2CCC(NC(=O)O)CC2)c1. The third-order valence-electron chi connectivity index (χ3n) is 4.54. The van der Waals surface area contributed by atoms with Crippen molar-refractivity contribution < 1.29 is 9.90 Å². The number of pyridine rings is 1. The van der Waals surface area contributed by atoms with Gasteiger partial charge in [-0.05, 0) is 54.8 Å². The van der Waals surface area contributed by atoms with Crippen LogP contribution in [-0.2, 0) is 0 Å². The Morgan fingerprint density at radius 3 is 2.44 bits per heavy atom. The Balaban J connectivity index is 1.91. The first-order chi connectivity index (χ1) is 11.9. The van der Waals surface area contributed by atoms with Crippen molar-refractivity contribution in [3.05, 3.63) is 45.3 Å². The molecule has 1 amide bonds. The molecule has 1 fully saturated rings. The van der Waals surface area contributed by atoms with Crippen molar-refractivity contribution in [2.45, 2.75) is 32.7 Å². The molecule has 1 aromatic carbocycles. The molecule has 1 saturated heterocycles. The van der Waals surface area contributed by atoms with E-state index in [2.05, 4.69) is 69.8 Å². The van der Waals surface area contributed by atoms with Crippen LogP contribution < -0.4 is 10.2 Å². The number of amides is 1. The van der Waals surface area contributed by atoms with Gasteiger partial charge in [-0.1, -0.05) is 29.3 Å². The minimum atomic E-state index is -0.937. The molecule has 1 aromatic heterocycles. The average molecular weight is 451 g/mol. The lowest BCUT2D eigenvalue weighted by molar-refractivity contribution is 0.187. The van der Waals surface area contributed by atoms with E-state index in [0.717, 1.165) is 35.1 Å². The lowest BCUT2D eigenvalue weighted by Gasteiger charge is -2.35. The number of nitrogens with zero attached hydrogens (tertiary/aromatic N) is 2. The predicted octanol–water partition coefficient (Wildman–Crippen LogP) is 4.21. The maximum Gasteiger partial charge on any atom is 0.404 e. The molecule has 0 unspecified atom stereocenters. The summed E-state index contributed by atoms with van der Waals surface area (Å²) in [6, 6.07) is 6.61. The van der Waals surface area contributed by atoms with Crippen LogP contribution in [0.1, 0.15) is 24.0 Å². The van der Waals surface area contributed by atoms with Crippen molar-refractivity contribution in [3.8, 4) is 11.1 Å². The Kier molecular flexibility index (Phi) is 5.46. The number of piperidine rings is 1. The van der Waals surface area contributed by atoms with Crippen molar-refractivity contribution in [2.24, 2.45) is 0 Å². The molecule has 2 heterocycles. The highest BCUT2D eigenvalue weighted by atomic mass is 127. The third-order valence-corrected chi connectivity index (χ3v) is 5.33. The lowest BCUT2D eigenvalue weighted by atomic mass is 9.98. The molecule has 6 heteroatoms. The highest BCUT2D eigenvalue weighted by molar-refractivity contribution is 14.1. The van der Waals surface area contributed by atoms with Crippen LogP contribution in [0, 0.1) is 17.4 Å². The Bertz CT molecular complexity index is 766. The van der Waals surface area contributed by atoms with Gasteiger partial charge in [0.2, 0.25) is 0 Å². The minimum absolute atomic E-state index is 0.0397. The van der Waals surface area contributed by atoms with Gasteiger partial charge in [0.05, 0.1) is 9.26 Å². The molecule has 1 aliphatic heterocycles. The van der Waals surface area contributed by atoms with Gasteiger partial charge in [-0.25, -0.2) is 4.79 Å². The van der Waals surface area contributed by atoms with Crippen molar-refractivity contribution in [3.63, 3.8) is 0 Å². The van der Waals surface area contributed by atoms with E-state index in [1.807, 2.05) is 12.4 Å². The zero-order chi connectivity index (χ0) is 18.0. The fraction of sp³-hybridized carbons (Fsp3) is 0.368. The Labute approximate surface area is 161 Å².